The minimum absolute atomic E-state index is 0.349. The van der Waals surface area contributed by atoms with Gasteiger partial charge in [0.1, 0.15) is 0 Å². The lowest BCUT2D eigenvalue weighted by atomic mass is 10.1. The molecule has 0 aliphatic heterocycles. The lowest BCUT2D eigenvalue weighted by molar-refractivity contribution is 0.0696. The quantitative estimate of drug-likeness (QED) is 0.671. The standard InChI is InChI=1S/C15H24N2O2/c1-3-17(4-2)10-6-9-16-12-13-7-5-8-14(11-13)15(18)19/h5,7-8,11,16H,3-4,6,9-10,12H2,1-2H3,(H,18,19). The third-order valence-electron chi connectivity index (χ3n) is 3.23. The van der Waals surface area contributed by atoms with Crippen LogP contribution in [-0.2, 0) is 6.54 Å². The van der Waals surface area contributed by atoms with Crippen molar-refractivity contribution in [2.45, 2.75) is 26.8 Å². The monoisotopic (exact) mass is 264 g/mol. The van der Waals surface area contributed by atoms with E-state index in [1.807, 2.05) is 6.07 Å². The summed E-state index contributed by atoms with van der Waals surface area (Å²) in [7, 11) is 0. The zero-order valence-electron chi connectivity index (χ0n) is 11.9. The van der Waals surface area contributed by atoms with Crippen LogP contribution in [0.1, 0.15) is 36.2 Å². The number of rotatable bonds is 9. The van der Waals surface area contributed by atoms with Crippen LogP contribution in [0.2, 0.25) is 0 Å². The van der Waals surface area contributed by atoms with Crippen molar-refractivity contribution in [3.8, 4) is 0 Å². The van der Waals surface area contributed by atoms with E-state index < -0.39 is 5.97 Å². The average molecular weight is 264 g/mol. The summed E-state index contributed by atoms with van der Waals surface area (Å²) in [4.78, 5) is 13.2. The SMILES string of the molecule is CCN(CC)CCCNCc1cccc(C(=O)O)c1. The fourth-order valence-electron chi connectivity index (χ4n) is 2.01. The highest BCUT2D eigenvalue weighted by Crippen LogP contribution is 2.05. The van der Waals surface area contributed by atoms with Crippen molar-refractivity contribution in [1.82, 2.24) is 10.2 Å². The second-order valence-electron chi connectivity index (χ2n) is 4.56. The molecule has 0 heterocycles. The minimum Gasteiger partial charge on any atom is -0.478 e. The first-order valence-corrected chi connectivity index (χ1v) is 6.92. The van der Waals surface area contributed by atoms with Gasteiger partial charge in [0, 0.05) is 6.54 Å². The van der Waals surface area contributed by atoms with Gasteiger partial charge in [-0.2, -0.15) is 0 Å². The molecule has 0 saturated heterocycles. The van der Waals surface area contributed by atoms with Crippen molar-refractivity contribution in [3.05, 3.63) is 35.4 Å². The molecule has 0 fully saturated rings. The Bertz CT molecular complexity index is 389. The molecule has 0 saturated carbocycles. The number of aromatic carboxylic acids is 1. The van der Waals surface area contributed by atoms with E-state index >= 15 is 0 Å². The molecule has 4 nitrogen and oxygen atoms in total. The Morgan fingerprint density at radius 3 is 2.68 bits per heavy atom. The molecule has 106 valence electrons. The lowest BCUT2D eigenvalue weighted by Crippen LogP contribution is -2.27. The van der Waals surface area contributed by atoms with Crippen LogP contribution >= 0.6 is 0 Å². The van der Waals surface area contributed by atoms with Crippen molar-refractivity contribution in [1.29, 1.82) is 0 Å². The summed E-state index contributed by atoms with van der Waals surface area (Å²) in [6.45, 7) is 9.32. The van der Waals surface area contributed by atoms with Crippen molar-refractivity contribution in [3.63, 3.8) is 0 Å². The summed E-state index contributed by atoms with van der Waals surface area (Å²) in [6, 6.07) is 7.08. The van der Waals surface area contributed by atoms with Crippen LogP contribution in [0.5, 0.6) is 0 Å². The fraction of sp³-hybridized carbons (Fsp3) is 0.533. The molecule has 1 aromatic carbocycles. The van der Waals surface area contributed by atoms with Gasteiger partial charge in [-0.1, -0.05) is 26.0 Å². The molecule has 0 atom stereocenters. The van der Waals surface area contributed by atoms with Crippen LogP contribution in [0, 0.1) is 0 Å². The molecule has 0 amide bonds. The maximum absolute atomic E-state index is 10.8. The zero-order chi connectivity index (χ0) is 14.1. The maximum atomic E-state index is 10.8. The van der Waals surface area contributed by atoms with E-state index in [-0.39, 0.29) is 0 Å². The van der Waals surface area contributed by atoms with Gasteiger partial charge in [0.05, 0.1) is 5.56 Å². The van der Waals surface area contributed by atoms with Gasteiger partial charge >= 0.3 is 5.97 Å². The van der Waals surface area contributed by atoms with Crippen molar-refractivity contribution < 1.29 is 9.90 Å². The summed E-state index contributed by atoms with van der Waals surface area (Å²) in [5.74, 6) is -0.872. The molecular weight excluding hydrogens is 240 g/mol. The summed E-state index contributed by atoms with van der Waals surface area (Å²) in [5, 5.41) is 12.3. The fourth-order valence-corrected chi connectivity index (χ4v) is 2.01. The molecule has 1 aromatic rings. The lowest BCUT2D eigenvalue weighted by Gasteiger charge is -2.17. The van der Waals surface area contributed by atoms with Gasteiger partial charge in [-0.15, -0.1) is 0 Å². The molecule has 0 unspecified atom stereocenters. The van der Waals surface area contributed by atoms with E-state index in [1.54, 1.807) is 18.2 Å². The van der Waals surface area contributed by atoms with E-state index in [1.165, 1.54) is 0 Å². The molecular formula is C15H24N2O2. The van der Waals surface area contributed by atoms with E-state index in [0.717, 1.165) is 44.7 Å². The second-order valence-corrected chi connectivity index (χ2v) is 4.56. The van der Waals surface area contributed by atoms with Crippen molar-refractivity contribution >= 4 is 5.97 Å². The van der Waals surface area contributed by atoms with Crippen LogP contribution in [0.4, 0.5) is 0 Å². The topological polar surface area (TPSA) is 52.6 Å². The summed E-state index contributed by atoms with van der Waals surface area (Å²) >= 11 is 0. The highest BCUT2D eigenvalue weighted by Gasteiger charge is 2.03. The molecule has 0 spiro atoms. The Morgan fingerprint density at radius 2 is 2.05 bits per heavy atom. The number of carboxylic acid groups (broad SMARTS) is 1. The van der Waals surface area contributed by atoms with Crippen LogP contribution in [0.15, 0.2) is 24.3 Å². The Balaban J connectivity index is 2.26. The Hall–Kier alpha value is -1.39. The predicted octanol–water partition coefficient (Wildman–Crippen LogP) is 2.21. The molecule has 0 aliphatic carbocycles. The Labute approximate surface area is 115 Å². The zero-order valence-corrected chi connectivity index (χ0v) is 11.9. The number of nitrogens with one attached hydrogen (secondary N) is 1. The van der Waals surface area contributed by atoms with Gasteiger partial charge in [0.15, 0.2) is 0 Å². The summed E-state index contributed by atoms with van der Waals surface area (Å²) in [6.07, 6.45) is 1.11. The third-order valence-corrected chi connectivity index (χ3v) is 3.23. The first kappa shape index (κ1) is 15.7. The van der Waals surface area contributed by atoms with E-state index in [9.17, 15) is 4.79 Å². The van der Waals surface area contributed by atoms with Gasteiger partial charge in [-0.3, -0.25) is 0 Å². The van der Waals surface area contributed by atoms with Gasteiger partial charge in [-0.25, -0.2) is 4.79 Å². The highest BCUT2D eigenvalue weighted by atomic mass is 16.4. The summed E-state index contributed by atoms with van der Waals surface area (Å²) < 4.78 is 0. The van der Waals surface area contributed by atoms with Gasteiger partial charge in [0.2, 0.25) is 0 Å². The van der Waals surface area contributed by atoms with Crippen LogP contribution in [0.3, 0.4) is 0 Å². The largest absolute Gasteiger partial charge is 0.478 e. The van der Waals surface area contributed by atoms with Gasteiger partial charge < -0.3 is 15.3 Å². The van der Waals surface area contributed by atoms with Crippen LogP contribution in [0.25, 0.3) is 0 Å². The van der Waals surface area contributed by atoms with Gasteiger partial charge in [-0.05, 0) is 50.3 Å². The molecule has 19 heavy (non-hydrogen) atoms. The van der Waals surface area contributed by atoms with E-state index in [4.69, 9.17) is 5.11 Å². The molecule has 4 heteroatoms. The van der Waals surface area contributed by atoms with Gasteiger partial charge in [0.25, 0.3) is 0 Å². The molecule has 0 aromatic heterocycles. The second kappa shape index (κ2) is 8.67. The normalized spacial score (nSPS) is 10.9. The van der Waals surface area contributed by atoms with E-state index in [0.29, 0.717) is 5.56 Å². The first-order chi connectivity index (χ1) is 9.17. The smallest absolute Gasteiger partial charge is 0.335 e. The first-order valence-electron chi connectivity index (χ1n) is 6.92. The Morgan fingerprint density at radius 1 is 1.32 bits per heavy atom. The minimum atomic E-state index is -0.872. The highest BCUT2D eigenvalue weighted by molar-refractivity contribution is 5.87. The van der Waals surface area contributed by atoms with Crippen LogP contribution in [-0.4, -0.2) is 42.2 Å². The number of nitrogens with zero attached hydrogens (tertiary/aromatic N) is 1. The van der Waals surface area contributed by atoms with Crippen molar-refractivity contribution in [2.24, 2.45) is 0 Å². The molecule has 0 aliphatic rings. The molecule has 0 radical (unpaired) electrons. The third kappa shape index (κ3) is 5.85. The Kier molecular flexibility index (Phi) is 7.15. The van der Waals surface area contributed by atoms with Crippen LogP contribution < -0.4 is 5.32 Å². The number of hydrogen-bond donors (Lipinski definition) is 2. The number of benzene rings is 1. The average Bonchev–Trinajstić information content (AvgIpc) is 2.43. The summed E-state index contributed by atoms with van der Waals surface area (Å²) in [5.41, 5.74) is 1.37. The van der Waals surface area contributed by atoms with E-state index in [2.05, 4.69) is 24.1 Å². The molecule has 0 bridgehead atoms. The molecule has 1 rings (SSSR count). The number of carboxylic acids is 1. The number of hydrogen-bond acceptors (Lipinski definition) is 3. The predicted molar refractivity (Wildman–Crippen MR) is 77.5 cm³/mol. The molecule has 2 N–H and O–H groups in total. The maximum Gasteiger partial charge on any atom is 0.335 e. The van der Waals surface area contributed by atoms with Crippen molar-refractivity contribution in [2.75, 3.05) is 26.2 Å². The number of carbonyl (C=O) groups is 1.